The van der Waals surface area contributed by atoms with E-state index >= 15 is 0 Å². The first-order valence-corrected chi connectivity index (χ1v) is 7.83. The molecule has 3 rings (SSSR count). The number of benzene rings is 1. The van der Waals surface area contributed by atoms with Gasteiger partial charge in [0.25, 0.3) is 0 Å². The van der Waals surface area contributed by atoms with Gasteiger partial charge in [0.2, 0.25) is 0 Å². The number of aliphatic hydroxyl groups excluding tert-OH is 1. The molecule has 0 aliphatic carbocycles. The van der Waals surface area contributed by atoms with Gasteiger partial charge in [0.05, 0.1) is 18.0 Å². The van der Waals surface area contributed by atoms with Crippen LogP contribution in [0.3, 0.4) is 0 Å². The molecular formula is C18H20N4O. The summed E-state index contributed by atoms with van der Waals surface area (Å²) in [6, 6.07) is 15.5. The van der Waals surface area contributed by atoms with Crippen LogP contribution in [-0.4, -0.2) is 47.7 Å². The Bertz CT molecular complexity index is 658. The summed E-state index contributed by atoms with van der Waals surface area (Å²) in [7, 11) is 0. The average Bonchev–Trinajstić information content (AvgIpc) is 2.63. The van der Waals surface area contributed by atoms with Gasteiger partial charge in [-0.15, -0.1) is 0 Å². The molecule has 1 fully saturated rings. The van der Waals surface area contributed by atoms with Gasteiger partial charge < -0.3 is 10.0 Å². The monoisotopic (exact) mass is 308 g/mol. The largest absolute Gasteiger partial charge is 0.387 e. The SMILES string of the molecule is N#Cc1ccc(N2CCN(C[C@H](O)c3ccccc3)CC2)cn1. The lowest BCUT2D eigenvalue weighted by Gasteiger charge is -2.36. The molecule has 1 saturated heterocycles. The first-order chi connectivity index (χ1) is 11.3. The number of aliphatic hydroxyl groups is 1. The summed E-state index contributed by atoms with van der Waals surface area (Å²) in [4.78, 5) is 8.67. The minimum Gasteiger partial charge on any atom is -0.387 e. The number of nitriles is 1. The fourth-order valence-corrected chi connectivity index (χ4v) is 2.85. The van der Waals surface area contributed by atoms with Crippen LogP contribution in [0.25, 0.3) is 0 Å². The summed E-state index contributed by atoms with van der Waals surface area (Å²) < 4.78 is 0. The zero-order chi connectivity index (χ0) is 16.1. The van der Waals surface area contributed by atoms with Gasteiger partial charge >= 0.3 is 0 Å². The second-order valence-electron chi connectivity index (χ2n) is 5.73. The molecule has 1 N–H and O–H groups in total. The van der Waals surface area contributed by atoms with Gasteiger partial charge in [0, 0.05) is 32.7 Å². The highest BCUT2D eigenvalue weighted by Crippen LogP contribution is 2.18. The fourth-order valence-electron chi connectivity index (χ4n) is 2.85. The smallest absolute Gasteiger partial charge is 0.140 e. The van der Waals surface area contributed by atoms with E-state index in [9.17, 15) is 5.11 Å². The molecule has 0 bridgehead atoms. The van der Waals surface area contributed by atoms with Gasteiger partial charge in [-0.05, 0) is 17.7 Å². The highest BCUT2D eigenvalue weighted by Gasteiger charge is 2.20. The molecule has 1 aliphatic heterocycles. The van der Waals surface area contributed by atoms with E-state index in [2.05, 4.69) is 14.8 Å². The molecule has 2 heterocycles. The average molecular weight is 308 g/mol. The van der Waals surface area contributed by atoms with Crippen molar-refractivity contribution in [3.05, 3.63) is 59.9 Å². The van der Waals surface area contributed by atoms with Gasteiger partial charge in [-0.3, -0.25) is 4.90 Å². The van der Waals surface area contributed by atoms with Crippen LogP contribution in [0, 0.1) is 11.3 Å². The molecule has 1 aromatic heterocycles. The third kappa shape index (κ3) is 3.86. The number of β-amino-alcohol motifs (C(OH)–C–C–N with tert-alkyl or cyclic N) is 1. The van der Waals surface area contributed by atoms with E-state index in [4.69, 9.17) is 5.26 Å². The fraction of sp³-hybridized carbons (Fsp3) is 0.333. The van der Waals surface area contributed by atoms with Gasteiger partial charge in [0.1, 0.15) is 11.8 Å². The number of anilines is 1. The molecule has 1 atom stereocenters. The van der Waals surface area contributed by atoms with E-state index in [0.29, 0.717) is 12.2 Å². The van der Waals surface area contributed by atoms with Crippen molar-refractivity contribution in [1.29, 1.82) is 5.26 Å². The van der Waals surface area contributed by atoms with E-state index in [1.807, 2.05) is 42.5 Å². The highest BCUT2D eigenvalue weighted by atomic mass is 16.3. The van der Waals surface area contributed by atoms with Crippen LogP contribution in [0.15, 0.2) is 48.7 Å². The molecule has 0 amide bonds. The Morgan fingerprint density at radius 1 is 1.09 bits per heavy atom. The van der Waals surface area contributed by atoms with Crippen molar-refractivity contribution >= 4 is 5.69 Å². The molecule has 0 unspecified atom stereocenters. The maximum absolute atomic E-state index is 10.3. The number of aromatic nitrogens is 1. The normalized spacial score (nSPS) is 16.8. The molecule has 5 heteroatoms. The molecule has 2 aromatic rings. The Kier molecular flexibility index (Phi) is 4.86. The molecule has 0 saturated carbocycles. The van der Waals surface area contributed by atoms with Crippen molar-refractivity contribution in [2.45, 2.75) is 6.10 Å². The Morgan fingerprint density at radius 3 is 2.43 bits per heavy atom. The zero-order valence-electron chi connectivity index (χ0n) is 13.0. The van der Waals surface area contributed by atoms with Crippen LogP contribution in [0.2, 0.25) is 0 Å². The minimum atomic E-state index is -0.445. The Labute approximate surface area is 136 Å². The first kappa shape index (κ1) is 15.5. The zero-order valence-corrected chi connectivity index (χ0v) is 13.0. The number of piperazine rings is 1. The second-order valence-corrected chi connectivity index (χ2v) is 5.73. The Morgan fingerprint density at radius 2 is 1.83 bits per heavy atom. The molecule has 0 spiro atoms. The van der Waals surface area contributed by atoms with Crippen molar-refractivity contribution in [3.63, 3.8) is 0 Å². The number of nitrogens with zero attached hydrogens (tertiary/aromatic N) is 4. The van der Waals surface area contributed by atoms with E-state index in [1.54, 1.807) is 12.3 Å². The lowest BCUT2D eigenvalue weighted by atomic mass is 10.1. The summed E-state index contributed by atoms with van der Waals surface area (Å²) in [5.74, 6) is 0. The van der Waals surface area contributed by atoms with Crippen molar-refractivity contribution in [3.8, 4) is 6.07 Å². The first-order valence-electron chi connectivity index (χ1n) is 7.83. The number of pyridine rings is 1. The van der Waals surface area contributed by atoms with Crippen molar-refractivity contribution in [2.24, 2.45) is 0 Å². The van der Waals surface area contributed by atoms with Gasteiger partial charge in [-0.25, -0.2) is 4.98 Å². The van der Waals surface area contributed by atoms with E-state index in [0.717, 1.165) is 37.4 Å². The predicted molar refractivity (Wildman–Crippen MR) is 89.0 cm³/mol. The van der Waals surface area contributed by atoms with Crippen LogP contribution in [0.4, 0.5) is 5.69 Å². The molecule has 0 radical (unpaired) electrons. The summed E-state index contributed by atoms with van der Waals surface area (Å²) >= 11 is 0. The summed E-state index contributed by atoms with van der Waals surface area (Å²) in [6.45, 7) is 4.27. The molecular weight excluding hydrogens is 288 g/mol. The molecule has 1 aliphatic rings. The Hall–Kier alpha value is -2.42. The van der Waals surface area contributed by atoms with E-state index in [1.165, 1.54) is 0 Å². The van der Waals surface area contributed by atoms with Crippen molar-refractivity contribution in [1.82, 2.24) is 9.88 Å². The number of hydrogen-bond donors (Lipinski definition) is 1. The lowest BCUT2D eigenvalue weighted by Crippen LogP contribution is -2.47. The van der Waals surface area contributed by atoms with Crippen LogP contribution in [-0.2, 0) is 0 Å². The van der Waals surface area contributed by atoms with Gasteiger partial charge in [-0.1, -0.05) is 30.3 Å². The highest BCUT2D eigenvalue weighted by molar-refractivity contribution is 5.46. The standard InChI is InChI=1S/C18H20N4O/c19-12-16-6-7-17(13-20-16)22-10-8-21(9-11-22)14-18(23)15-4-2-1-3-5-15/h1-7,13,18,23H,8-11,14H2/t18-/m0/s1. The maximum atomic E-state index is 10.3. The second kappa shape index (κ2) is 7.23. The Balaban J connectivity index is 1.53. The molecule has 5 nitrogen and oxygen atoms in total. The topological polar surface area (TPSA) is 63.4 Å². The van der Waals surface area contributed by atoms with Crippen LogP contribution < -0.4 is 4.90 Å². The number of hydrogen-bond acceptors (Lipinski definition) is 5. The molecule has 1 aromatic carbocycles. The number of rotatable bonds is 4. The summed E-state index contributed by atoms with van der Waals surface area (Å²) in [5, 5.41) is 19.1. The minimum absolute atomic E-state index is 0.443. The van der Waals surface area contributed by atoms with E-state index < -0.39 is 6.10 Å². The summed E-state index contributed by atoms with van der Waals surface area (Å²) in [5.41, 5.74) is 2.46. The van der Waals surface area contributed by atoms with E-state index in [-0.39, 0.29) is 0 Å². The van der Waals surface area contributed by atoms with Crippen LogP contribution >= 0.6 is 0 Å². The third-order valence-electron chi connectivity index (χ3n) is 4.22. The quantitative estimate of drug-likeness (QED) is 0.933. The van der Waals surface area contributed by atoms with Gasteiger partial charge in [-0.2, -0.15) is 5.26 Å². The lowest BCUT2D eigenvalue weighted by molar-refractivity contribution is 0.109. The molecule has 23 heavy (non-hydrogen) atoms. The maximum Gasteiger partial charge on any atom is 0.140 e. The van der Waals surface area contributed by atoms with Crippen molar-refractivity contribution in [2.75, 3.05) is 37.6 Å². The van der Waals surface area contributed by atoms with Crippen LogP contribution in [0.1, 0.15) is 17.4 Å². The van der Waals surface area contributed by atoms with Crippen molar-refractivity contribution < 1.29 is 5.11 Å². The van der Waals surface area contributed by atoms with Crippen LogP contribution in [0.5, 0.6) is 0 Å². The van der Waals surface area contributed by atoms with Gasteiger partial charge in [0.15, 0.2) is 0 Å². The molecule has 118 valence electrons. The predicted octanol–water partition coefficient (Wildman–Crippen LogP) is 1.81. The summed E-state index contributed by atoms with van der Waals surface area (Å²) in [6.07, 6.45) is 1.31. The third-order valence-corrected chi connectivity index (χ3v) is 4.22.